The minimum absolute atomic E-state index is 0.268. The molecule has 3 heteroatoms. The summed E-state index contributed by atoms with van der Waals surface area (Å²) in [6, 6.07) is 0.487. The summed E-state index contributed by atoms with van der Waals surface area (Å²) in [7, 11) is 0. The number of nitrogens with one attached hydrogen (secondary N) is 1. The van der Waals surface area contributed by atoms with E-state index < -0.39 is 0 Å². The van der Waals surface area contributed by atoms with Gasteiger partial charge in [0.15, 0.2) is 6.39 Å². The summed E-state index contributed by atoms with van der Waals surface area (Å²) >= 11 is 0. The number of hydrogen-bond acceptors (Lipinski definition) is 3. The number of rotatable bonds is 5. The smallest absolute Gasteiger partial charge is 0.181 e. The summed E-state index contributed by atoms with van der Waals surface area (Å²) in [6.07, 6.45) is 7.94. The van der Waals surface area contributed by atoms with Crippen LogP contribution in [0.15, 0.2) is 10.8 Å². The maximum Gasteiger partial charge on any atom is 0.181 e. The highest BCUT2D eigenvalue weighted by molar-refractivity contribution is 5.21. The van der Waals surface area contributed by atoms with Crippen molar-refractivity contribution >= 4 is 0 Å². The van der Waals surface area contributed by atoms with Crippen molar-refractivity contribution in [1.29, 1.82) is 0 Å². The Labute approximate surface area is 104 Å². The lowest BCUT2D eigenvalue weighted by atomic mass is 9.80. The van der Waals surface area contributed by atoms with Crippen LogP contribution in [0.4, 0.5) is 0 Å². The number of oxazole rings is 1. The largest absolute Gasteiger partial charge is 0.448 e. The average molecular weight is 236 g/mol. The van der Waals surface area contributed by atoms with Crippen LogP contribution in [0.1, 0.15) is 64.3 Å². The van der Waals surface area contributed by atoms with Crippen molar-refractivity contribution in [2.24, 2.45) is 0 Å². The van der Waals surface area contributed by atoms with Gasteiger partial charge in [0.1, 0.15) is 5.76 Å². The lowest BCUT2D eigenvalue weighted by Gasteiger charge is -2.25. The van der Waals surface area contributed by atoms with Gasteiger partial charge < -0.3 is 9.73 Å². The molecular weight excluding hydrogens is 212 g/mol. The summed E-state index contributed by atoms with van der Waals surface area (Å²) in [5, 5.41) is 3.43. The molecule has 1 aliphatic rings. The normalized spacial score (nSPS) is 19.1. The fourth-order valence-electron chi connectivity index (χ4n) is 2.92. The van der Waals surface area contributed by atoms with Gasteiger partial charge in [0.05, 0.1) is 5.69 Å². The van der Waals surface area contributed by atoms with Crippen LogP contribution >= 0.6 is 0 Å². The van der Waals surface area contributed by atoms with E-state index in [1.165, 1.54) is 25.7 Å². The Kier molecular flexibility index (Phi) is 3.87. The molecule has 1 saturated carbocycles. The monoisotopic (exact) mass is 236 g/mol. The van der Waals surface area contributed by atoms with Gasteiger partial charge >= 0.3 is 0 Å². The lowest BCUT2D eigenvalue weighted by Crippen LogP contribution is -2.26. The van der Waals surface area contributed by atoms with Crippen LogP contribution in [0.2, 0.25) is 0 Å². The van der Waals surface area contributed by atoms with Crippen LogP contribution in [0.3, 0.4) is 0 Å². The zero-order valence-electron chi connectivity index (χ0n) is 11.3. The van der Waals surface area contributed by atoms with Crippen molar-refractivity contribution in [3.05, 3.63) is 17.8 Å². The molecule has 0 aromatic carbocycles. The third kappa shape index (κ3) is 2.54. The molecule has 96 valence electrons. The Morgan fingerprint density at radius 2 is 2.12 bits per heavy atom. The first-order chi connectivity index (χ1) is 8.18. The number of hydrogen-bond donors (Lipinski definition) is 1. The Morgan fingerprint density at radius 3 is 2.71 bits per heavy atom. The quantitative estimate of drug-likeness (QED) is 0.851. The third-order valence-electron chi connectivity index (χ3n) is 4.04. The average Bonchev–Trinajstić information content (AvgIpc) is 2.95. The molecule has 0 aliphatic heterocycles. The van der Waals surface area contributed by atoms with Crippen LogP contribution < -0.4 is 5.32 Å². The second-order valence-corrected chi connectivity index (χ2v) is 5.50. The van der Waals surface area contributed by atoms with E-state index in [1.807, 2.05) is 0 Å². The number of nitrogens with zero attached hydrogens (tertiary/aromatic N) is 1. The van der Waals surface area contributed by atoms with E-state index >= 15 is 0 Å². The molecule has 1 aliphatic carbocycles. The summed E-state index contributed by atoms with van der Waals surface area (Å²) in [6.45, 7) is 7.41. The fraction of sp³-hybridized carbons (Fsp3) is 0.786. The van der Waals surface area contributed by atoms with Crippen molar-refractivity contribution in [1.82, 2.24) is 10.3 Å². The van der Waals surface area contributed by atoms with E-state index in [4.69, 9.17) is 4.42 Å². The first kappa shape index (κ1) is 12.6. The Morgan fingerprint density at radius 1 is 1.41 bits per heavy atom. The second kappa shape index (κ2) is 5.21. The van der Waals surface area contributed by atoms with Crippen LogP contribution in [0.5, 0.6) is 0 Å². The molecule has 0 atom stereocenters. The maximum atomic E-state index is 5.72. The summed E-state index contributed by atoms with van der Waals surface area (Å²) in [4.78, 5) is 4.40. The topological polar surface area (TPSA) is 38.1 Å². The SMILES string of the molecule is CCC1(c2ocnc2CNC(C)C)CCCC1. The Bertz CT molecular complexity index is 351. The molecule has 0 saturated heterocycles. The second-order valence-electron chi connectivity index (χ2n) is 5.50. The van der Waals surface area contributed by atoms with Gasteiger partial charge in [-0.05, 0) is 19.3 Å². The number of aromatic nitrogens is 1. The van der Waals surface area contributed by atoms with E-state index in [0.29, 0.717) is 6.04 Å². The third-order valence-corrected chi connectivity index (χ3v) is 4.04. The predicted molar refractivity (Wildman–Crippen MR) is 68.9 cm³/mol. The molecule has 2 rings (SSSR count). The van der Waals surface area contributed by atoms with Gasteiger partial charge in [-0.1, -0.05) is 33.6 Å². The van der Waals surface area contributed by atoms with E-state index in [2.05, 4.69) is 31.1 Å². The van der Waals surface area contributed by atoms with Crippen molar-refractivity contribution in [2.45, 2.75) is 70.9 Å². The van der Waals surface area contributed by atoms with Gasteiger partial charge in [-0.25, -0.2) is 4.98 Å². The lowest BCUT2D eigenvalue weighted by molar-refractivity contribution is 0.324. The Hall–Kier alpha value is -0.830. The van der Waals surface area contributed by atoms with Crippen LogP contribution in [-0.2, 0) is 12.0 Å². The van der Waals surface area contributed by atoms with Crippen molar-refractivity contribution in [3.63, 3.8) is 0 Å². The molecule has 1 fully saturated rings. The summed E-state index contributed by atoms with van der Waals surface area (Å²) in [5.74, 6) is 1.14. The van der Waals surface area contributed by atoms with Gasteiger partial charge in [-0.3, -0.25) is 0 Å². The molecule has 1 aromatic heterocycles. The standard InChI is InChI=1S/C14H24N2O/c1-4-14(7-5-6-8-14)13-12(16-10-17-13)9-15-11(2)3/h10-11,15H,4-9H2,1-3H3. The molecule has 0 radical (unpaired) electrons. The molecule has 3 nitrogen and oxygen atoms in total. The van der Waals surface area contributed by atoms with Crippen molar-refractivity contribution in [3.8, 4) is 0 Å². The van der Waals surface area contributed by atoms with Crippen LogP contribution in [0.25, 0.3) is 0 Å². The molecule has 1 aromatic rings. The van der Waals surface area contributed by atoms with Crippen molar-refractivity contribution < 1.29 is 4.42 Å². The Balaban J connectivity index is 2.17. The van der Waals surface area contributed by atoms with Gasteiger partial charge in [-0.2, -0.15) is 0 Å². The molecule has 0 amide bonds. The van der Waals surface area contributed by atoms with Crippen LogP contribution in [0, 0.1) is 0 Å². The minimum Gasteiger partial charge on any atom is -0.448 e. The zero-order valence-corrected chi connectivity index (χ0v) is 11.3. The van der Waals surface area contributed by atoms with Crippen LogP contribution in [-0.4, -0.2) is 11.0 Å². The van der Waals surface area contributed by atoms with E-state index in [1.54, 1.807) is 6.39 Å². The highest BCUT2D eigenvalue weighted by Gasteiger charge is 2.38. The fourth-order valence-corrected chi connectivity index (χ4v) is 2.92. The highest BCUT2D eigenvalue weighted by Crippen LogP contribution is 2.44. The summed E-state index contributed by atoms with van der Waals surface area (Å²) < 4.78 is 5.72. The van der Waals surface area contributed by atoms with Gasteiger partial charge in [0.2, 0.25) is 0 Å². The minimum atomic E-state index is 0.268. The van der Waals surface area contributed by atoms with E-state index in [-0.39, 0.29) is 5.41 Å². The molecular formula is C14H24N2O. The van der Waals surface area contributed by atoms with E-state index in [0.717, 1.165) is 24.4 Å². The maximum absolute atomic E-state index is 5.72. The van der Waals surface area contributed by atoms with Gasteiger partial charge in [-0.15, -0.1) is 0 Å². The van der Waals surface area contributed by atoms with Gasteiger partial charge in [0.25, 0.3) is 0 Å². The molecule has 0 bridgehead atoms. The summed E-state index contributed by atoms with van der Waals surface area (Å²) in [5.41, 5.74) is 1.38. The zero-order chi connectivity index (χ0) is 12.3. The molecule has 1 N–H and O–H groups in total. The molecule has 17 heavy (non-hydrogen) atoms. The van der Waals surface area contributed by atoms with Crippen molar-refractivity contribution in [2.75, 3.05) is 0 Å². The van der Waals surface area contributed by atoms with Gasteiger partial charge in [0, 0.05) is 18.0 Å². The first-order valence-corrected chi connectivity index (χ1v) is 6.84. The predicted octanol–water partition coefficient (Wildman–Crippen LogP) is 3.39. The highest BCUT2D eigenvalue weighted by atomic mass is 16.3. The molecule has 1 heterocycles. The molecule has 0 unspecified atom stereocenters. The first-order valence-electron chi connectivity index (χ1n) is 6.84. The molecule has 0 spiro atoms. The van der Waals surface area contributed by atoms with E-state index in [9.17, 15) is 0 Å².